The normalized spacial score (nSPS) is 11.7. The third-order valence-electron chi connectivity index (χ3n) is 2.68. The van der Waals surface area contributed by atoms with E-state index in [9.17, 15) is 0 Å². The Bertz CT molecular complexity index is 403. The largest absolute Gasteiger partial charge is 0.461 e. The average Bonchev–Trinajstić information content (AvgIpc) is 2.36. The van der Waals surface area contributed by atoms with Crippen LogP contribution < -0.4 is 10.1 Å². The van der Waals surface area contributed by atoms with Crippen molar-refractivity contribution in [3.8, 4) is 6.01 Å². The predicted molar refractivity (Wildman–Crippen MR) is 80.0 cm³/mol. The van der Waals surface area contributed by atoms with E-state index in [0.717, 1.165) is 30.8 Å². The second kappa shape index (κ2) is 8.17. The summed E-state index contributed by atoms with van der Waals surface area (Å²) in [5, 5.41) is 3.42. The molecule has 1 aromatic rings. The van der Waals surface area contributed by atoms with Crippen LogP contribution >= 0.6 is 0 Å². The monoisotopic (exact) mass is 281 g/mol. The van der Waals surface area contributed by atoms with E-state index in [0.29, 0.717) is 19.2 Å². The Morgan fingerprint density at radius 2 is 1.95 bits per heavy atom. The number of rotatable bonds is 8. The smallest absolute Gasteiger partial charge is 0.316 e. The van der Waals surface area contributed by atoms with E-state index >= 15 is 0 Å². The Balaban J connectivity index is 2.42. The lowest BCUT2D eigenvalue weighted by Crippen LogP contribution is -2.35. The van der Waals surface area contributed by atoms with Crippen LogP contribution in [0.1, 0.15) is 45.4 Å². The second-order valence-corrected chi connectivity index (χ2v) is 5.83. The highest BCUT2D eigenvalue weighted by molar-refractivity contribution is 5.17. The average molecular weight is 281 g/mol. The van der Waals surface area contributed by atoms with Gasteiger partial charge in [0.2, 0.25) is 0 Å². The summed E-state index contributed by atoms with van der Waals surface area (Å²) >= 11 is 0. The molecule has 0 saturated carbocycles. The van der Waals surface area contributed by atoms with Crippen molar-refractivity contribution in [1.82, 2.24) is 15.3 Å². The molecule has 0 aromatic carbocycles. The molecule has 0 bridgehead atoms. The first-order valence-corrected chi connectivity index (χ1v) is 7.20. The van der Waals surface area contributed by atoms with Crippen LogP contribution in [-0.4, -0.2) is 35.3 Å². The molecule has 0 amide bonds. The van der Waals surface area contributed by atoms with Gasteiger partial charge in [-0.05, 0) is 34.1 Å². The minimum Gasteiger partial charge on any atom is -0.461 e. The van der Waals surface area contributed by atoms with Crippen LogP contribution in [0.5, 0.6) is 6.01 Å². The van der Waals surface area contributed by atoms with Gasteiger partial charge in [-0.1, -0.05) is 6.92 Å². The lowest BCUT2D eigenvalue weighted by atomic mass is 10.1. The highest BCUT2D eigenvalue weighted by atomic mass is 16.5. The Labute approximate surface area is 122 Å². The van der Waals surface area contributed by atoms with Gasteiger partial charge in [0, 0.05) is 36.1 Å². The molecule has 1 heterocycles. The molecular weight excluding hydrogens is 254 g/mol. The SMILES string of the molecule is CCCOCCOc1ncc(CNC(C)(C)C)c(C)n1. The van der Waals surface area contributed by atoms with Crippen LogP contribution in [0.15, 0.2) is 6.20 Å². The number of hydrogen-bond acceptors (Lipinski definition) is 5. The van der Waals surface area contributed by atoms with E-state index < -0.39 is 0 Å². The van der Waals surface area contributed by atoms with E-state index in [4.69, 9.17) is 9.47 Å². The Kier molecular flexibility index (Phi) is 6.88. The first kappa shape index (κ1) is 16.9. The summed E-state index contributed by atoms with van der Waals surface area (Å²) in [5.74, 6) is 0. The van der Waals surface area contributed by atoms with Gasteiger partial charge in [0.1, 0.15) is 6.61 Å². The summed E-state index contributed by atoms with van der Waals surface area (Å²) in [6.07, 6.45) is 2.84. The minimum atomic E-state index is 0.0816. The standard InChI is InChI=1S/C15H27N3O2/c1-6-7-19-8-9-20-14-16-10-13(12(2)18-14)11-17-15(3,4)5/h10,17H,6-9,11H2,1-5H3. The Morgan fingerprint density at radius 1 is 1.20 bits per heavy atom. The van der Waals surface area contributed by atoms with E-state index in [-0.39, 0.29) is 5.54 Å². The molecule has 1 N–H and O–H groups in total. The van der Waals surface area contributed by atoms with Crippen LogP contribution in [0.2, 0.25) is 0 Å². The number of hydrogen-bond donors (Lipinski definition) is 1. The molecule has 5 nitrogen and oxygen atoms in total. The van der Waals surface area contributed by atoms with Crippen molar-refractivity contribution in [2.24, 2.45) is 0 Å². The fourth-order valence-corrected chi connectivity index (χ4v) is 1.51. The van der Waals surface area contributed by atoms with E-state index in [1.165, 1.54) is 0 Å². The molecule has 5 heteroatoms. The summed E-state index contributed by atoms with van der Waals surface area (Å²) in [6.45, 7) is 13.0. The molecule has 0 atom stereocenters. The lowest BCUT2D eigenvalue weighted by molar-refractivity contribution is 0.0971. The van der Waals surface area contributed by atoms with E-state index in [2.05, 4.69) is 43.0 Å². The van der Waals surface area contributed by atoms with Gasteiger partial charge in [0.25, 0.3) is 0 Å². The minimum absolute atomic E-state index is 0.0816. The summed E-state index contributed by atoms with van der Waals surface area (Å²) in [4.78, 5) is 8.59. The third-order valence-corrected chi connectivity index (χ3v) is 2.68. The van der Waals surface area contributed by atoms with Crippen molar-refractivity contribution in [3.05, 3.63) is 17.5 Å². The molecule has 0 fully saturated rings. The highest BCUT2D eigenvalue weighted by Crippen LogP contribution is 2.10. The van der Waals surface area contributed by atoms with Gasteiger partial charge >= 0.3 is 6.01 Å². The van der Waals surface area contributed by atoms with Gasteiger partial charge in [-0.3, -0.25) is 0 Å². The van der Waals surface area contributed by atoms with Crippen LogP contribution in [-0.2, 0) is 11.3 Å². The molecule has 1 aromatic heterocycles. The molecule has 114 valence electrons. The van der Waals surface area contributed by atoms with Gasteiger partial charge in [0.15, 0.2) is 0 Å². The summed E-state index contributed by atoms with van der Waals surface area (Å²) in [7, 11) is 0. The van der Waals surface area contributed by atoms with Crippen molar-refractivity contribution in [2.45, 2.75) is 53.1 Å². The Morgan fingerprint density at radius 3 is 2.55 bits per heavy atom. The number of ether oxygens (including phenoxy) is 2. The van der Waals surface area contributed by atoms with E-state index in [1.54, 1.807) is 0 Å². The fraction of sp³-hybridized carbons (Fsp3) is 0.733. The van der Waals surface area contributed by atoms with Crippen molar-refractivity contribution in [2.75, 3.05) is 19.8 Å². The Hall–Kier alpha value is -1.20. The molecular formula is C15H27N3O2. The zero-order valence-electron chi connectivity index (χ0n) is 13.3. The molecule has 0 radical (unpaired) electrons. The topological polar surface area (TPSA) is 56.3 Å². The van der Waals surface area contributed by atoms with Crippen molar-refractivity contribution in [1.29, 1.82) is 0 Å². The molecule has 1 rings (SSSR count). The van der Waals surface area contributed by atoms with Gasteiger partial charge in [-0.25, -0.2) is 9.97 Å². The summed E-state index contributed by atoms with van der Waals surface area (Å²) in [5.41, 5.74) is 2.12. The van der Waals surface area contributed by atoms with Crippen molar-refractivity contribution in [3.63, 3.8) is 0 Å². The molecule has 0 spiro atoms. The van der Waals surface area contributed by atoms with Crippen molar-refractivity contribution >= 4 is 0 Å². The van der Waals surface area contributed by atoms with Crippen molar-refractivity contribution < 1.29 is 9.47 Å². The molecule has 0 saturated heterocycles. The maximum atomic E-state index is 5.47. The first-order valence-electron chi connectivity index (χ1n) is 7.20. The summed E-state index contributed by atoms with van der Waals surface area (Å²) < 4.78 is 10.8. The zero-order valence-corrected chi connectivity index (χ0v) is 13.3. The van der Waals surface area contributed by atoms with Crippen LogP contribution in [0.25, 0.3) is 0 Å². The fourth-order valence-electron chi connectivity index (χ4n) is 1.51. The highest BCUT2D eigenvalue weighted by Gasteiger charge is 2.10. The second-order valence-electron chi connectivity index (χ2n) is 5.83. The molecule has 0 aliphatic carbocycles. The van der Waals surface area contributed by atoms with Crippen LogP contribution in [0, 0.1) is 6.92 Å². The maximum absolute atomic E-state index is 5.47. The first-order chi connectivity index (χ1) is 9.42. The zero-order chi connectivity index (χ0) is 15.0. The maximum Gasteiger partial charge on any atom is 0.316 e. The number of nitrogens with one attached hydrogen (secondary N) is 1. The predicted octanol–water partition coefficient (Wildman–Crippen LogP) is 2.48. The van der Waals surface area contributed by atoms with Crippen LogP contribution in [0.3, 0.4) is 0 Å². The van der Waals surface area contributed by atoms with E-state index in [1.807, 2.05) is 13.1 Å². The summed E-state index contributed by atoms with van der Waals surface area (Å²) in [6, 6.07) is 0.419. The molecule has 20 heavy (non-hydrogen) atoms. The van der Waals surface area contributed by atoms with Gasteiger partial charge in [0.05, 0.1) is 6.61 Å². The number of nitrogens with zero attached hydrogens (tertiary/aromatic N) is 2. The lowest BCUT2D eigenvalue weighted by Gasteiger charge is -2.20. The van der Waals surface area contributed by atoms with Gasteiger partial charge in [-0.2, -0.15) is 0 Å². The molecule has 0 unspecified atom stereocenters. The number of aromatic nitrogens is 2. The van der Waals surface area contributed by atoms with Gasteiger partial charge in [-0.15, -0.1) is 0 Å². The quantitative estimate of drug-likeness (QED) is 0.742. The number of aryl methyl sites for hydroxylation is 1. The molecule has 0 aliphatic heterocycles. The van der Waals surface area contributed by atoms with Gasteiger partial charge < -0.3 is 14.8 Å². The van der Waals surface area contributed by atoms with Crippen LogP contribution in [0.4, 0.5) is 0 Å². The molecule has 0 aliphatic rings. The third kappa shape index (κ3) is 6.82.